The lowest BCUT2D eigenvalue weighted by Gasteiger charge is -2.48. The van der Waals surface area contributed by atoms with Crippen LogP contribution in [-0.4, -0.2) is 40.4 Å². The molecule has 1 aromatic rings. The molecular weight excluding hydrogens is 248 g/mol. The van der Waals surface area contributed by atoms with Crippen LogP contribution >= 0.6 is 0 Å². The molecular formula is C16H30N4. The molecule has 1 aromatic heterocycles. The van der Waals surface area contributed by atoms with Crippen molar-refractivity contribution in [1.82, 2.24) is 14.7 Å². The summed E-state index contributed by atoms with van der Waals surface area (Å²) in [5.41, 5.74) is 8.05. The largest absolute Gasteiger partial charge is 0.326 e. The third-order valence-electron chi connectivity index (χ3n) is 5.19. The first-order valence-electron chi connectivity index (χ1n) is 7.92. The van der Waals surface area contributed by atoms with Crippen molar-refractivity contribution in [2.24, 2.45) is 11.7 Å². The number of hydrogen-bond acceptors (Lipinski definition) is 3. The van der Waals surface area contributed by atoms with Gasteiger partial charge in [-0.05, 0) is 64.6 Å². The third-order valence-corrected chi connectivity index (χ3v) is 5.19. The van der Waals surface area contributed by atoms with E-state index in [-0.39, 0.29) is 11.6 Å². The van der Waals surface area contributed by atoms with Gasteiger partial charge in [0.1, 0.15) is 0 Å². The van der Waals surface area contributed by atoms with E-state index in [9.17, 15) is 0 Å². The van der Waals surface area contributed by atoms with Gasteiger partial charge < -0.3 is 10.6 Å². The van der Waals surface area contributed by atoms with Gasteiger partial charge in [-0.2, -0.15) is 5.10 Å². The lowest BCUT2D eigenvalue weighted by Crippen LogP contribution is -2.59. The van der Waals surface area contributed by atoms with Crippen LogP contribution in [0.5, 0.6) is 0 Å². The Morgan fingerprint density at radius 1 is 1.45 bits per heavy atom. The van der Waals surface area contributed by atoms with E-state index in [0.29, 0.717) is 0 Å². The van der Waals surface area contributed by atoms with E-state index in [1.807, 2.05) is 10.9 Å². The smallest absolute Gasteiger partial charge is 0.0522 e. The van der Waals surface area contributed by atoms with Crippen molar-refractivity contribution in [2.75, 3.05) is 14.1 Å². The second-order valence-electron chi connectivity index (χ2n) is 6.70. The normalized spacial score (nSPS) is 28.8. The van der Waals surface area contributed by atoms with Crippen LogP contribution in [0.25, 0.3) is 0 Å². The van der Waals surface area contributed by atoms with E-state index in [1.165, 1.54) is 31.2 Å². The minimum absolute atomic E-state index is 0.154. The molecule has 1 fully saturated rings. The summed E-state index contributed by atoms with van der Waals surface area (Å²) in [5, 5.41) is 4.36. The molecule has 1 aliphatic rings. The summed E-state index contributed by atoms with van der Waals surface area (Å²) in [6.07, 6.45) is 10.0. The van der Waals surface area contributed by atoms with Gasteiger partial charge in [0.05, 0.1) is 6.20 Å². The van der Waals surface area contributed by atoms with Crippen LogP contribution in [0.3, 0.4) is 0 Å². The fourth-order valence-electron chi connectivity index (χ4n) is 3.54. The van der Waals surface area contributed by atoms with Crippen molar-refractivity contribution >= 4 is 0 Å². The van der Waals surface area contributed by atoms with E-state index in [1.54, 1.807) is 0 Å². The zero-order valence-corrected chi connectivity index (χ0v) is 13.5. The highest BCUT2D eigenvalue weighted by molar-refractivity contribution is 5.11. The van der Waals surface area contributed by atoms with Crippen molar-refractivity contribution in [3.63, 3.8) is 0 Å². The molecule has 4 nitrogen and oxygen atoms in total. The van der Waals surface area contributed by atoms with Crippen molar-refractivity contribution < 1.29 is 0 Å². The maximum atomic E-state index is 6.63. The molecule has 1 aliphatic carbocycles. The predicted molar refractivity (Wildman–Crippen MR) is 83.6 cm³/mol. The van der Waals surface area contributed by atoms with Crippen LogP contribution in [0.4, 0.5) is 0 Å². The Balaban J connectivity index is 2.09. The van der Waals surface area contributed by atoms with Crippen LogP contribution in [0.15, 0.2) is 12.4 Å². The van der Waals surface area contributed by atoms with Gasteiger partial charge in [-0.25, -0.2) is 0 Å². The van der Waals surface area contributed by atoms with Crippen LogP contribution in [0.1, 0.15) is 45.1 Å². The predicted octanol–water partition coefficient (Wildman–Crippen LogP) is 2.28. The van der Waals surface area contributed by atoms with Gasteiger partial charge in [-0.15, -0.1) is 0 Å². The second kappa shape index (κ2) is 6.27. The van der Waals surface area contributed by atoms with Gasteiger partial charge >= 0.3 is 0 Å². The average Bonchev–Trinajstić information content (AvgIpc) is 2.87. The monoisotopic (exact) mass is 278 g/mol. The zero-order chi connectivity index (χ0) is 14.8. The molecule has 0 saturated heterocycles. The lowest BCUT2D eigenvalue weighted by molar-refractivity contribution is 0.0568. The molecule has 1 atom stereocenters. The molecule has 1 unspecified atom stereocenters. The average molecular weight is 278 g/mol. The van der Waals surface area contributed by atoms with Crippen LogP contribution in [0.2, 0.25) is 0 Å². The molecule has 0 amide bonds. The molecule has 1 saturated carbocycles. The number of likely N-dealkylation sites (N-methyl/N-ethyl adjacent to an activating group) is 1. The van der Waals surface area contributed by atoms with Gasteiger partial charge in [0.15, 0.2) is 0 Å². The van der Waals surface area contributed by atoms with Crippen LogP contribution < -0.4 is 5.73 Å². The quantitative estimate of drug-likeness (QED) is 0.899. The molecule has 0 radical (unpaired) electrons. The highest BCUT2D eigenvalue weighted by atomic mass is 15.3. The number of rotatable bonds is 5. The molecule has 20 heavy (non-hydrogen) atoms. The summed E-state index contributed by atoms with van der Waals surface area (Å²) in [6.45, 7) is 5.39. The summed E-state index contributed by atoms with van der Waals surface area (Å²) in [4.78, 5) is 2.37. The molecule has 114 valence electrons. The van der Waals surface area contributed by atoms with Crippen molar-refractivity contribution in [1.29, 1.82) is 0 Å². The number of aryl methyl sites for hydroxylation is 1. The van der Waals surface area contributed by atoms with Crippen molar-refractivity contribution in [2.45, 2.75) is 64.1 Å². The number of aromatic nitrogens is 2. The minimum Gasteiger partial charge on any atom is -0.326 e. The van der Waals surface area contributed by atoms with Gasteiger partial charge in [-0.3, -0.25) is 4.68 Å². The highest BCUT2D eigenvalue weighted by Gasteiger charge is 2.41. The molecule has 2 N–H and O–H groups in total. The lowest BCUT2D eigenvalue weighted by atomic mass is 9.71. The molecule has 0 aliphatic heterocycles. The first-order chi connectivity index (χ1) is 9.48. The van der Waals surface area contributed by atoms with Gasteiger partial charge in [0.25, 0.3) is 0 Å². The minimum atomic E-state index is 0.154. The fraction of sp³-hybridized carbons (Fsp3) is 0.812. The Bertz CT molecular complexity index is 416. The Labute approximate surface area is 123 Å². The molecule has 4 heteroatoms. The number of nitrogens with two attached hydrogens (primary N) is 1. The van der Waals surface area contributed by atoms with Crippen LogP contribution in [-0.2, 0) is 13.0 Å². The van der Waals surface area contributed by atoms with E-state index in [2.05, 4.69) is 44.1 Å². The maximum absolute atomic E-state index is 6.63. The summed E-state index contributed by atoms with van der Waals surface area (Å²) in [5.74, 6) is 0.845. The number of nitrogens with zero attached hydrogens (tertiary/aromatic N) is 3. The van der Waals surface area contributed by atoms with Crippen molar-refractivity contribution in [3.05, 3.63) is 18.0 Å². The summed E-state index contributed by atoms with van der Waals surface area (Å²) in [6, 6.07) is 0.180. The molecule has 2 rings (SSSR count). The summed E-state index contributed by atoms with van der Waals surface area (Å²) < 4.78 is 1.98. The molecule has 1 heterocycles. The molecule has 0 aromatic carbocycles. The molecule has 0 bridgehead atoms. The fourth-order valence-corrected chi connectivity index (χ4v) is 3.54. The highest BCUT2D eigenvalue weighted by Crippen LogP contribution is 2.37. The van der Waals surface area contributed by atoms with Crippen LogP contribution in [0, 0.1) is 5.92 Å². The number of hydrogen-bond donors (Lipinski definition) is 1. The van der Waals surface area contributed by atoms with Gasteiger partial charge in [0.2, 0.25) is 0 Å². The standard InChI is InChI=1S/C16H30N4/c1-5-20-12-14(11-18-20)10-15(17)16(19(3)4)8-6-13(2)7-9-16/h11-13,15H,5-10,17H2,1-4H3. The molecule has 0 spiro atoms. The Morgan fingerprint density at radius 2 is 2.10 bits per heavy atom. The first kappa shape index (κ1) is 15.5. The first-order valence-corrected chi connectivity index (χ1v) is 7.92. The topological polar surface area (TPSA) is 47.1 Å². The Morgan fingerprint density at radius 3 is 2.60 bits per heavy atom. The van der Waals surface area contributed by atoms with E-state index < -0.39 is 0 Å². The summed E-state index contributed by atoms with van der Waals surface area (Å²) in [7, 11) is 4.37. The van der Waals surface area contributed by atoms with Crippen molar-refractivity contribution in [3.8, 4) is 0 Å². The zero-order valence-electron chi connectivity index (χ0n) is 13.5. The van der Waals surface area contributed by atoms with Gasteiger partial charge in [-0.1, -0.05) is 6.92 Å². The van der Waals surface area contributed by atoms with E-state index >= 15 is 0 Å². The summed E-state index contributed by atoms with van der Waals surface area (Å²) >= 11 is 0. The second-order valence-corrected chi connectivity index (χ2v) is 6.70. The SMILES string of the molecule is CCn1cc(CC(N)C2(N(C)C)CCC(C)CC2)cn1. The van der Waals surface area contributed by atoms with E-state index in [0.717, 1.165) is 18.9 Å². The third kappa shape index (κ3) is 3.07. The van der Waals surface area contributed by atoms with E-state index in [4.69, 9.17) is 5.73 Å². The van der Waals surface area contributed by atoms with Gasteiger partial charge in [0, 0.05) is 24.3 Å². The Hall–Kier alpha value is -0.870. The maximum Gasteiger partial charge on any atom is 0.0522 e. The Kier molecular flexibility index (Phi) is 4.86.